The molecule has 1 atom stereocenters. The van der Waals surface area contributed by atoms with E-state index in [1.807, 2.05) is 39.8 Å². The van der Waals surface area contributed by atoms with E-state index >= 15 is 0 Å². The van der Waals surface area contributed by atoms with E-state index in [1.165, 1.54) is 11.8 Å². The van der Waals surface area contributed by atoms with Gasteiger partial charge in [-0.2, -0.15) is 0 Å². The Balaban J connectivity index is 0.00000352. The first-order chi connectivity index (χ1) is 13.3. The molecule has 5 nitrogen and oxygen atoms in total. The highest BCUT2D eigenvalue weighted by Crippen LogP contribution is 2.23. The van der Waals surface area contributed by atoms with Gasteiger partial charge in [0.25, 0.3) is 5.91 Å². The maximum absolute atomic E-state index is 12.3. The monoisotopic (exact) mass is 430 g/mol. The Morgan fingerprint density at radius 2 is 1.93 bits per heavy atom. The molecule has 1 rings (SSSR count). The molecular formula is C21H32Cl2N2O3. The summed E-state index contributed by atoms with van der Waals surface area (Å²) in [6, 6.07) is 5.44. The Bertz CT molecular complexity index is 659. The van der Waals surface area contributed by atoms with Crippen molar-refractivity contribution in [1.82, 2.24) is 10.2 Å². The molecule has 0 aliphatic rings. The highest BCUT2D eigenvalue weighted by atomic mass is 35.5. The van der Waals surface area contributed by atoms with Crippen LogP contribution in [0.5, 0.6) is 0 Å². The van der Waals surface area contributed by atoms with Gasteiger partial charge in [0.05, 0.1) is 27.9 Å². The van der Waals surface area contributed by atoms with Gasteiger partial charge in [-0.05, 0) is 50.8 Å². The molecule has 158 valence electrons. The minimum Gasteiger partial charge on any atom is -0.512 e. The van der Waals surface area contributed by atoms with Crippen LogP contribution in [0, 0.1) is 0 Å². The Labute approximate surface area is 178 Å². The quantitative estimate of drug-likeness (QED) is 0.233. The Kier molecular flexibility index (Phi) is 13.4. The van der Waals surface area contributed by atoms with Gasteiger partial charge in [-0.25, -0.2) is 0 Å². The van der Waals surface area contributed by atoms with E-state index in [0.717, 1.165) is 18.4 Å². The lowest BCUT2D eigenvalue weighted by Gasteiger charge is -2.25. The first-order valence-corrected chi connectivity index (χ1v) is 10.4. The lowest BCUT2D eigenvalue weighted by atomic mass is 10.1. The van der Waals surface area contributed by atoms with E-state index in [1.54, 1.807) is 6.07 Å². The van der Waals surface area contributed by atoms with E-state index in [2.05, 4.69) is 5.32 Å². The summed E-state index contributed by atoms with van der Waals surface area (Å²) in [7, 11) is 0. The van der Waals surface area contributed by atoms with Gasteiger partial charge in [0.2, 0.25) is 6.41 Å². The summed E-state index contributed by atoms with van der Waals surface area (Å²) in [5.74, 6) is -0.448. The van der Waals surface area contributed by atoms with Crippen LogP contribution in [0.25, 0.3) is 0 Å². The molecule has 0 saturated heterocycles. The zero-order valence-electron chi connectivity index (χ0n) is 17.4. The number of carbonyl (C=O) groups is 2. The number of aliphatic hydroxyl groups excluding tert-OH is 1. The molecule has 7 heteroatoms. The number of allylic oxidation sites excluding steroid dienone is 1. The van der Waals surface area contributed by atoms with E-state index in [-0.39, 0.29) is 29.8 Å². The molecule has 0 fully saturated rings. The van der Waals surface area contributed by atoms with Crippen molar-refractivity contribution in [3.05, 3.63) is 45.1 Å². The van der Waals surface area contributed by atoms with E-state index in [4.69, 9.17) is 23.2 Å². The highest BCUT2D eigenvalue weighted by molar-refractivity contribution is 6.42. The average molecular weight is 431 g/mol. The fourth-order valence-electron chi connectivity index (χ4n) is 2.36. The number of aliphatic hydroxyl groups is 1. The number of halogens is 2. The highest BCUT2D eigenvalue weighted by Gasteiger charge is 2.19. The maximum atomic E-state index is 12.3. The van der Waals surface area contributed by atoms with Crippen LogP contribution in [-0.2, 0) is 16.0 Å². The average Bonchev–Trinajstić information content (AvgIpc) is 2.69. The van der Waals surface area contributed by atoms with Crippen LogP contribution < -0.4 is 5.32 Å². The van der Waals surface area contributed by atoms with Crippen molar-refractivity contribution in [2.45, 2.75) is 59.9 Å². The molecule has 0 saturated carbocycles. The largest absolute Gasteiger partial charge is 0.512 e. The normalized spacial score (nSPS) is 12.2. The number of nitrogens with zero attached hydrogens (tertiary/aromatic N) is 1. The first-order valence-electron chi connectivity index (χ1n) is 9.62. The van der Waals surface area contributed by atoms with Gasteiger partial charge in [-0.3, -0.25) is 9.59 Å². The maximum Gasteiger partial charge on any atom is 0.252 e. The molecule has 1 aromatic carbocycles. The Hall–Kier alpha value is -1.72. The molecule has 0 aromatic heterocycles. The minimum absolute atomic E-state index is 0.00990. The van der Waals surface area contributed by atoms with Crippen molar-refractivity contribution >= 4 is 35.5 Å². The molecule has 0 aliphatic heterocycles. The van der Waals surface area contributed by atoms with Crippen molar-refractivity contribution < 1.29 is 14.7 Å². The molecule has 0 radical (unpaired) electrons. The van der Waals surface area contributed by atoms with Gasteiger partial charge in [0, 0.05) is 12.6 Å². The van der Waals surface area contributed by atoms with E-state index < -0.39 is 0 Å². The molecule has 0 bridgehead atoms. The molecule has 0 heterocycles. The Morgan fingerprint density at radius 3 is 2.43 bits per heavy atom. The smallest absolute Gasteiger partial charge is 0.252 e. The van der Waals surface area contributed by atoms with Crippen LogP contribution in [0.15, 0.2) is 29.5 Å². The van der Waals surface area contributed by atoms with Crippen LogP contribution in [0.1, 0.15) is 53.0 Å². The fourth-order valence-corrected chi connectivity index (χ4v) is 2.68. The summed E-state index contributed by atoms with van der Waals surface area (Å²) in [4.78, 5) is 25.1. The third-order valence-corrected chi connectivity index (χ3v) is 4.99. The van der Waals surface area contributed by atoms with Gasteiger partial charge >= 0.3 is 0 Å². The molecule has 1 unspecified atom stereocenters. The van der Waals surface area contributed by atoms with Gasteiger partial charge in [0.1, 0.15) is 0 Å². The SMILES string of the molecule is CC.CCC(C)N(C=O)C/C(C(=O)NCCCc1ccc(Cl)c(Cl)c1)=C(\C)O. The number of aryl methyl sites for hydroxylation is 1. The van der Waals surface area contributed by atoms with Gasteiger partial charge in [-0.1, -0.05) is 50.0 Å². The molecule has 0 spiro atoms. The number of benzene rings is 1. The molecule has 28 heavy (non-hydrogen) atoms. The zero-order chi connectivity index (χ0) is 21.7. The second-order valence-electron chi connectivity index (χ2n) is 6.21. The third-order valence-electron chi connectivity index (χ3n) is 4.26. The summed E-state index contributed by atoms with van der Waals surface area (Å²) >= 11 is 11.9. The fraction of sp³-hybridized carbons (Fsp3) is 0.524. The number of nitrogens with one attached hydrogen (secondary N) is 1. The molecule has 2 N–H and O–H groups in total. The van der Waals surface area contributed by atoms with Crippen molar-refractivity contribution in [3.8, 4) is 0 Å². The summed E-state index contributed by atoms with van der Waals surface area (Å²) in [6.07, 6.45) is 2.92. The third kappa shape index (κ3) is 8.98. The van der Waals surface area contributed by atoms with Crippen molar-refractivity contribution in [3.63, 3.8) is 0 Å². The summed E-state index contributed by atoms with van der Waals surface area (Å²) < 4.78 is 0. The Morgan fingerprint density at radius 1 is 1.29 bits per heavy atom. The van der Waals surface area contributed by atoms with Gasteiger partial charge in [-0.15, -0.1) is 0 Å². The lowest BCUT2D eigenvalue weighted by Crippen LogP contribution is -2.38. The second kappa shape index (κ2) is 14.3. The van der Waals surface area contributed by atoms with Crippen LogP contribution in [-0.4, -0.2) is 41.5 Å². The molecule has 0 aliphatic carbocycles. The summed E-state index contributed by atoms with van der Waals surface area (Å²) in [5.41, 5.74) is 1.23. The second-order valence-corrected chi connectivity index (χ2v) is 7.02. The number of carbonyl (C=O) groups excluding carboxylic acids is 2. The number of hydrogen-bond donors (Lipinski definition) is 2. The summed E-state index contributed by atoms with van der Waals surface area (Å²) in [5, 5.41) is 13.6. The van der Waals surface area contributed by atoms with E-state index in [0.29, 0.717) is 29.4 Å². The van der Waals surface area contributed by atoms with Crippen molar-refractivity contribution in [2.24, 2.45) is 0 Å². The standard InChI is InChI=1S/C19H26Cl2N2O3.C2H6/c1-4-13(2)23(12-24)11-16(14(3)25)19(26)22-9-5-6-15-7-8-17(20)18(21)10-15;1-2/h7-8,10,12-13,25H,4-6,9,11H2,1-3H3,(H,22,26);1-2H3/b16-14-;. The van der Waals surface area contributed by atoms with Crippen LogP contribution in [0.2, 0.25) is 10.0 Å². The number of hydrogen-bond acceptors (Lipinski definition) is 3. The molecule has 1 aromatic rings. The predicted octanol–water partition coefficient (Wildman–Crippen LogP) is 5.16. The number of amides is 2. The predicted molar refractivity (Wildman–Crippen MR) is 117 cm³/mol. The lowest BCUT2D eigenvalue weighted by molar-refractivity contribution is -0.120. The minimum atomic E-state index is -0.366. The van der Waals surface area contributed by atoms with Crippen molar-refractivity contribution in [2.75, 3.05) is 13.1 Å². The van der Waals surface area contributed by atoms with Crippen molar-refractivity contribution in [1.29, 1.82) is 0 Å². The topological polar surface area (TPSA) is 69.6 Å². The van der Waals surface area contributed by atoms with Crippen LogP contribution in [0.4, 0.5) is 0 Å². The van der Waals surface area contributed by atoms with E-state index in [9.17, 15) is 14.7 Å². The van der Waals surface area contributed by atoms with Crippen LogP contribution >= 0.6 is 23.2 Å². The van der Waals surface area contributed by atoms with Gasteiger partial charge in [0.15, 0.2) is 0 Å². The molecular weight excluding hydrogens is 399 g/mol. The number of rotatable bonds is 10. The summed E-state index contributed by atoms with van der Waals surface area (Å²) in [6.45, 7) is 9.83. The molecule has 2 amide bonds. The zero-order valence-corrected chi connectivity index (χ0v) is 18.9. The van der Waals surface area contributed by atoms with Gasteiger partial charge < -0.3 is 15.3 Å². The van der Waals surface area contributed by atoms with Crippen LogP contribution in [0.3, 0.4) is 0 Å². The first kappa shape index (κ1) is 26.3.